The predicted molar refractivity (Wildman–Crippen MR) is 94.1 cm³/mol. The standard InChI is InChI=1S/C18H12ClFN4O2/c19-13-4-1-10(7-14(13)20)15-17(21-9-26-15)24-8-11-5-6-23(12-2-3-12)16(11)22-18(24)25/h1,4-9,12H,2-3H2. The Hall–Kier alpha value is -2.93. The van der Waals surface area contributed by atoms with Crippen molar-refractivity contribution >= 4 is 22.6 Å². The van der Waals surface area contributed by atoms with E-state index in [1.54, 1.807) is 12.3 Å². The lowest BCUT2D eigenvalue weighted by Gasteiger charge is -2.06. The molecule has 1 aromatic carbocycles. The minimum absolute atomic E-state index is 0.0106. The lowest BCUT2D eigenvalue weighted by molar-refractivity contribution is 0.569. The van der Waals surface area contributed by atoms with Gasteiger partial charge in [-0.2, -0.15) is 9.97 Å². The minimum atomic E-state index is -0.575. The van der Waals surface area contributed by atoms with Gasteiger partial charge in [-0.25, -0.2) is 13.8 Å². The van der Waals surface area contributed by atoms with Crippen LogP contribution in [0.15, 0.2) is 52.3 Å². The summed E-state index contributed by atoms with van der Waals surface area (Å²) in [5, 5.41) is 0.837. The van der Waals surface area contributed by atoms with E-state index in [-0.39, 0.29) is 16.6 Å². The Morgan fingerprint density at radius 3 is 2.88 bits per heavy atom. The number of aromatic nitrogens is 4. The Labute approximate surface area is 151 Å². The van der Waals surface area contributed by atoms with Crippen molar-refractivity contribution in [2.45, 2.75) is 18.9 Å². The minimum Gasteiger partial charge on any atom is -0.441 e. The summed E-state index contributed by atoms with van der Waals surface area (Å²) >= 11 is 5.73. The topological polar surface area (TPSA) is 65.8 Å². The number of benzene rings is 1. The molecule has 6 nitrogen and oxygen atoms in total. The zero-order valence-electron chi connectivity index (χ0n) is 13.4. The maximum Gasteiger partial charge on any atom is 0.355 e. The fourth-order valence-electron chi connectivity index (χ4n) is 3.06. The molecule has 3 heterocycles. The van der Waals surface area contributed by atoms with Crippen LogP contribution in [0.2, 0.25) is 5.02 Å². The molecule has 1 aliphatic rings. The molecule has 0 spiro atoms. The van der Waals surface area contributed by atoms with Gasteiger partial charge in [0.25, 0.3) is 0 Å². The molecular weight excluding hydrogens is 359 g/mol. The van der Waals surface area contributed by atoms with E-state index in [2.05, 4.69) is 9.97 Å². The maximum absolute atomic E-state index is 13.8. The lowest BCUT2D eigenvalue weighted by Crippen LogP contribution is -2.22. The number of nitrogens with zero attached hydrogens (tertiary/aromatic N) is 4. The first-order chi connectivity index (χ1) is 12.6. The zero-order chi connectivity index (χ0) is 17.8. The van der Waals surface area contributed by atoms with Crippen LogP contribution in [0.5, 0.6) is 0 Å². The molecule has 0 radical (unpaired) electrons. The molecule has 5 rings (SSSR count). The summed E-state index contributed by atoms with van der Waals surface area (Å²) in [7, 11) is 0. The van der Waals surface area contributed by atoms with Gasteiger partial charge in [-0.3, -0.25) is 0 Å². The molecule has 3 aromatic heterocycles. The second-order valence-electron chi connectivity index (χ2n) is 6.26. The average Bonchev–Trinajstić information content (AvgIpc) is 3.21. The van der Waals surface area contributed by atoms with Crippen LogP contribution in [0.1, 0.15) is 18.9 Å². The highest BCUT2D eigenvalue weighted by Crippen LogP contribution is 2.37. The molecule has 0 N–H and O–H groups in total. The van der Waals surface area contributed by atoms with Crippen LogP contribution in [0, 0.1) is 5.82 Å². The summed E-state index contributed by atoms with van der Waals surface area (Å²) in [4.78, 5) is 20.9. The Balaban J connectivity index is 1.67. The highest BCUT2D eigenvalue weighted by atomic mass is 35.5. The van der Waals surface area contributed by atoms with Gasteiger partial charge in [0, 0.05) is 29.4 Å². The van der Waals surface area contributed by atoms with Crippen molar-refractivity contribution in [3.8, 4) is 17.1 Å². The molecule has 0 amide bonds. The quantitative estimate of drug-likeness (QED) is 0.547. The third-order valence-electron chi connectivity index (χ3n) is 4.49. The zero-order valence-corrected chi connectivity index (χ0v) is 14.2. The molecule has 4 aromatic rings. The molecule has 0 unspecified atom stereocenters. The summed E-state index contributed by atoms with van der Waals surface area (Å²) < 4.78 is 22.5. The highest BCUT2D eigenvalue weighted by molar-refractivity contribution is 6.30. The maximum atomic E-state index is 13.8. The van der Waals surface area contributed by atoms with Crippen molar-refractivity contribution in [2.24, 2.45) is 0 Å². The molecule has 1 fully saturated rings. The molecule has 0 atom stereocenters. The Morgan fingerprint density at radius 1 is 1.27 bits per heavy atom. The Bertz CT molecular complexity index is 1210. The van der Waals surface area contributed by atoms with Crippen LogP contribution in [0.3, 0.4) is 0 Å². The van der Waals surface area contributed by atoms with Crippen molar-refractivity contribution in [1.82, 2.24) is 19.1 Å². The number of hydrogen-bond donors (Lipinski definition) is 0. The Morgan fingerprint density at radius 2 is 2.12 bits per heavy atom. The van der Waals surface area contributed by atoms with Crippen molar-refractivity contribution in [2.75, 3.05) is 0 Å². The SMILES string of the molecule is O=c1nc2c(ccn2C2CC2)cn1-c1ncoc1-c1ccc(Cl)c(F)c1. The van der Waals surface area contributed by atoms with Crippen LogP contribution >= 0.6 is 11.6 Å². The Kier molecular flexibility index (Phi) is 3.27. The van der Waals surface area contributed by atoms with Crippen molar-refractivity contribution in [1.29, 1.82) is 0 Å². The van der Waals surface area contributed by atoms with Gasteiger partial charge in [-0.1, -0.05) is 11.6 Å². The van der Waals surface area contributed by atoms with Gasteiger partial charge in [0.15, 0.2) is 18.0 Å². The van der Waals surface area contributed by atoms with E-state index in [0.717, 1.165) is 18.2 Å². The van der Waals surface area contributed by atoms with Gasteiger partial charge in [0.1, 0.15) is 11.5 Å². The summed E-state index contributed by atoms with van der Waals surface area (Å²) in [6.07, 6.45) is 7.03. The molecule has 26 heavy (non-hydrogen) atoms. The molecule has 0 saturated heterocycles. The van der Waals surface area contributed by atoms with Gasteiger partial charge in [0.2, 0.25) is 0 Å². The van der Waals surface area contributed by atoms with E-state index >= 15 is 0 Å². The van der Waals surface area contributed by atoms with E-state index < -0.39 is 11.5 Å². The molecule has 8 heteroatoms. The molecule has 130 valence electrons. The molecular formula is C18H12ClFN4O2. The van der Waals surface area contributed by atoms with Crippen LogP contribution in [-0.2, 0) is 0 Å². The van der Waals surface area contributed by atoms with Crippen LogP contribution in [0.25, 0.3) is 28.2 Å². The number of rotatable bonds is 3. The summed E-state index contributed by atoms with van der Waals surface area (Å²) in [6, 6.07) is 6.62. The first kappa shape index (κ1) is 15.3. The molecule has 1 saturated carbocycles. The highest BCUT2D eigenvalue weighted by Gasteiger charge is 2.25. The summed E-state index contributed by atoms with van der Waals surface area (Å²) in [6.45, 7) is 0. The van der Waals surface area contributed by atoms with E-state index in [1.165, 1.54) is 23.1 Å². The van der Waals surface area contributed by atoms with Gasteiger partial charge in [0.05, 0.1) is 5.02 Å². The van der Waals surface area contributed by atoms with Gasteiger partial charge in [-0.15, -0.1) is 0 Å². The molecule has 0 bridgehead atoms. The summed E-state index contributed by atoms with van der Waals surface area (Å²) in [5.74, 6) is -0.0512. The van der Waals surface area contributed by atoms with Crippen molar-refractivity contribution < 1.29 is 8.81 Å². The fourth-order valence-corrected chi connectivity index (χ4v) is 3.18. The normalized spacial score (nSPS) is 14.2. The van der Waals surface area contributed by atoms with Gasteiger partial charge >= 0.3 is 5.69 Å². The largest absolute Gasteiger partial charge is 0.441 e. The van der Waals surface area contributed by atoms with E-state index in [9.17, 15) is 9.18 Å². The smallest absolute Gasteiger partial charge is 0.355 e. The second-order valence-corrected chi connectivity index (χ2v) is 6.67. The van der Waals surface area contributed by atoms with E-state index in [4.69, 9.17) is 16.0 Å². The van der Waals surface area contributed by atoms with Crippen LogP contribution in [0.4, 0.5) is 4.39 Å². The number of oxazole rings is 1. The van der Waals surface area contributed by atoms with Gasteiger partial charge in [-0.05, 0) is 37.1 Å². The molecule has 1 aliphatic carbocycles. The van der Waals surface area contributed by atoms with Crippen molar-refractivity contribution in [3.05, 3.63) is 64.4 Å². The second kappa shape index (κ2) is 5.54. The van der Waals surface area contributed by atoms with Crippen molar-refractivity contribution in [3.63, 3.8) is 0 Å². The van der Waals surface area contributed by atoms with E-state index in [1.807, 2.05) is 16.8 Å². The third-order valence-corrected chi connectivity index (χ3v) is 4.80. The lowest BCUT2D eigenvalue weighted by atomic mass is 10.1. The third kappa shape index (κ3) is 2.35. The summed E-state index contributed by atoms with van der Waals surface area (Å²) in [5.41, 5.74) is 0.626. The number of hydrogen-bond acceptors (Lipinski definition) is 4. The number of halogens is 2. The average molecular weight is 371 g/mol. The predicted octanol–water partition coefficient (Wildman–Crippen LogP) is 3.97. The first-order valence-electron chi connectivity index (χ1n) is 8.11. The van der Waals surface area contributed by atoms with Crippen LogP contribution < -0.4 is 5.69 Å². The monoisotopic (exact) mass is 370 g/mol. The van der Waals surface area contributed by atoms with E-state index in [0.29, 0.717) is 17.3 Å². The molecule has 0 aliphatic heterocycles. The van der Waals surface area contributed by atoms with Crippen LogP contribution in [-0.4, -0.2) is 19.1 Å². The fraction of sp³-hybridized carbons (Fsp3) is 0.167. The van der Waals surface area contributed by atoms with Gasteiger partial charge < -0.3 is 8.98 Å². The first-order valence-corrected chi connectivity index (χ1v) is 8.49. The number of fused-ring (bicyclic) bond motifs is 1.